The molecule has 1 saturated heterocycles. The molecule has 1 N–H and O–H groups in total. The molecule has 0 spiro atoms. The van der Waals surface area contributed by atoms with Crippen LogP contribution >= 0.6 is 0 Å². The molecule has 5 nitrogen and oxygen atoms in total. The first-order valence-corrected chi connectivity index (χ1v) is 8.31. The van der Waals surface area contributed by atoms with E-state index in [0.717, 1.165) is 30.5 Å². The van der Waals surface area contributed by atoms with Crippen LogP contribution in [-0.2, 0) is 22.5 Å². The van der Waals surface area contributed by atoms with Crippen LogP contribution < -0.4 is 4.74 Å². The summed E-state index contributed by atoms with van der Waals surface area (Å²) in [5.41, 5.74) is 1.78. The first kappa shape index (κ1) is 18.3. The lowest BCUT2D eigenvalue weighted by atomic mass is 9.92. The third kappa shape index (κ3) is 4.09. The third-order valence-corrected chi connectivity index (χ3v) is 4.63. The van der Waals surface area contributed by atoms with Gasteiger partial charge < -0.3 is 14.6 Å². The van der Waals surface area contributed by atoms with Crippen molar-refractivity contribution in [2.75, 3.05) is 20.8 Å². The summed E-state index contributed by atoms with van der Waals surface area (Å²) in [5.74, 6) is 0.928. The van der Waals surface area contributed by atoms with Gasteiger partial charge in [-0.3, -0.25) is 9.69 Å². The Labute approximate surface area is 143 Å². The van der Waals surface area contributed by atoms with Crippen LogP contribution in [0.2, 0.25) is 0 Å². The average molecular weight is 333 g/mol. The fourth-order valence-electron chi connectivity index (χ4n) is 3.28. The van der Waals surface area contributed by atoms with Gasteiger partial charge in [-0.15, -0.1) is 6.58 Å². The molecule has 0 amide bonds. The molecule has 2 rings (SSSR count). The number of hydrogen-bond donors (Lipinski definition) is 1. The molecule has 2 atom stereocenters. The largest absolute Gasteiger partial charge is 0.504 e. The summed E-state index contributed by atoms with van der Waals surface area (Å²) in [6.45, 7) is 7.36. The number of hydrogen-bond acceptors (Lipinski definition) is 5. The highest BCUT2D eigenvalue weighted by atomic mass is 16.5. The van der Waals surface area contributed by atoms with Gasteiger partial charge in [0.2, 0.25) is 0 Å². The number of esters is 1. The number of carbonyl (C=O) groups is 1. The molecule has 1 aliphatic rings. The normalized spacial score (nSPS) is 21.3. The van der Waals surface area contributed by atoms with Crippen LogP contribution in [-0.4, -0.2) is 42.8 Å². The molecular weight excluding hydrogens is 306 g/mol. The number of rotatable bonds is 6. The maximum absolute atomic E-state index is 12.1. The van der Waals surface area contributed by atoms with Crippen LogP contribution in [0, 0.1) is 5.92 Å². The predicted molar refractivity (Wildman–Crippen MR) is 93.2 cm³/mol. The lowest BCUT2D eigenvalue weighted by molar-refractivity contribution is -0.149. The number of nitrogens with zero attached hydrogens (tertiary/aromatic N) is 1. The lowest BCUT2D eigenvalue weighted by Gasteiger charge is -2.36. The van der Waals surface area contributed by atoms with Crippen molar-refractivity contribution in [3.05, 3.63) is 35.9 Å². The summed E-state index contributed by atoms with van der Waals surface area (Å²) in [5, 5.41) is 10.2. The first-order valence-electron chi connectivity index (χ1n) is 8.31. The Morgan fingerprint density at radius 1 is 1.46 bits per heavy atom. The van der Waals surface area contributed by atoms with Crippen LogP contribution in [0.25, 0.3) is 0 Å². The Bertz CT molecular complexity index is 599. The molecule has 2 unspecified atom stereocenters. The number of benzene rings is 1. The molecule has 1 aromatic carbocycles. The summed E-state index contributed by atoms with van der Waals surface area (Å²) in [4.78, 5) is 14.3. The van der Waals surface area contributed by atoms with E-state index in [1.54, 1.807) is 6.08 Å². The van der Waals surface area contributed by atoms with Gasteiger partial charge in [0.25, 0.3) is 0 Å². The van der Waals surface area contributed by atoms with Crippen molar-refractivity contribution in [2.24, 2.45) is 5.92 Å². The minimum Gasteiger partial charge on any atom is -0.504 e. The molecule has 0 aliphatic carbocycles. The van der Waals surface area contributed by atoms with Crippen molar-refractivity contribution < 1.29 is 19.4 Å². The molecule has 0 bridgehead atoms. The van der Waals surface area contributed by atoms with Gasteiger partial charge in [-0.05, 0) is 43.4 Å². The summed E-state index contributed by atoms with van der Waals surface area (Å²) in [6, 6.07) is 3.56. The van der Waals surface area contributed by atoms with E-state index in [1.165, 1.54) is 14.2 Å². The smallest absolute Gasteiger partial charge is 0.323 e. The van der Waals surface area contributed by atoms with Crippen molar-refractivity contribution in [1.82, 2.24) is 4.90 Å². The first-order chi connectivity index (χ1) is 11.5. The van der Waals surface area contributed by atoms with Crippen molar-refractivity contribution in [3.63, 3.8) is 0 Å². The third-order valence-electron chi connectivity index (χ3n) is 4.63. The highest BCUT2D eigenvalue weighted by Crippen LogP contribution is 2.33. The van der Waals surface area contributed by atoms with Crippen molar-refractivity contribution in [3.8, 4) is 11.5 Å². The molecule has 24 heavy (non-hydrogen) atoms. The molecule has 1 aliphatic heterocycles. The highest BCUT2D eigenvalue weighted by molar-refractivity contribution is 5.75. The topological polar surface area (TPSA) is 59.0 Å². The Kier molecular flexibility index (Phi) is 6.26. The van der Waals surface area contributed by atoms with Crippen molar-refractivity contribution in [1.29, 1.82) is 0 Å². The summed E-state index contributed by atoms with van der Waals surface area (Å²) in [6.07, 6.45) is 4.18. The van der Waals surface area contributed by atoms with Gasteiger partial charge in [0.05, 0.1) is 14.2 Å². The van der Waals surface area contributed by atoms with Crippen molar-refractivity contribution in [2.45, 2.75) is 38.8 Å². The summed E-state index contributed by atoms with van der Waals surface area (Å²) >= 11 is 0. The fourth-order valence-corrected chi connectivity index (χ4v) is 3.28. The second-order valence-electron chi connectivity index (χ2n) is 6.44. The summed E-state index contributed by atoms with van der Waals surface area (Å²) in [7, 11) is 2.97. The van der Waals surface area contributed by atoms with Crippen molar-refractivity contribution >= 4 is 5.97 Å². The maximum Gasteiger partial charge on any atom is 0.323 e. The Hall–Kier alpha value is -2.01. The average Bonchev–Trinajstić information content (AvgIpc) is 2.58. The second-order valence-corrected chi connectivity index (χ2v) is 6.44. The number of ether oxygens (including phenoxy) is 2. The number of allylic oxidation sites excluding steroid dienone is 1. The number of piperidine rings is 1. The van der Waals surface area contributed by atoms with Crippen LogP contribution in [0.3, 0.4) is 0 Å². The van der Waals surface area contributed by atoms with Crippen LogP contribution in [0.4, 0.5) is 0 Å². The van der Waals surface area contributed by atoms with E-state index in [-0.39, 0.29) is 17.8 Å². The zero-order chi connectivity index (χ0) is 17.7. The quantitative estimate of drug-likeness (QED) is 0.641. The SMILES string of the molecule is C=CCc1cc(CN2CCC(C)CC2C(=O)OC)cc(OC)c1O. The van der Waals surface area contributed by atoms with Gasteiger partial charge in [-0.2, -0.15) is 0 Å². The Morgan fingerprint density at radius 3 is 2.83 bits per heavy atom. The van der Waals surface area contributed by atoms with E-state index in [2.05, 4.69) is 18.4 Å². The molecule has 0 aromatic heterocycles. The van der Waals surface area contributed by atoms with Gasteiger partial charge >= 0.3 is 5.97 Å². The molecule has 132 valence electrons. The molecule has 1 fully saturated rings. The minimum absolute atomic E-state index is 0.151. The lowest BCUT2D eigenvalue weighted by Crippen LogP contribution is -2.46. The van der Waals surface area contributed by atoms with E-state index < -0.39 is 0 Å². The van der Waals surface area contributed by atoms with Gasteiger partial charge in [-0.25, -0.2) is 0 Å². The standard InChI is InChI=1S/C19H27NO4/c1-5-6-15-10-14(11-17(23-3)18(15)21)12-20-8-7-13(2)9-16(20)19(22)24-4/h5,10-11,13,16,21H,1,6-9,12H2,2-4H3. The molecular formula is C19H27NO4. The molecule has 1 aromatic rings. The van der Waals surface area contributed by atoms with Crippen LogP contribution in [0.5, 0.6) is 11.5 Å². The highest BCUT2D eigenvalue weighted by Gasteiger charge is 2.32. The number of aromatic hydroxyl groups is 1. The summed E-state index contributed by atoms with van der Waals surface area (Å²) < 4.78 is 10.3. The number of likely N-dealkylation sites (tertiary alicyclic amines) is 1. The van der Waals surface area contributed by atoms with Crippen LogP contribution in [0.15, 0.2) is 24.8 Å². The van der Waals surface area contributed by atoms with Gasteiger partial charge in [0, 0.05) is 12.1 Å². The molecule has 5 heteroatoms. The Morgan fingerprint density at radius 2 is 2.21 bits per heavy atom. The Balaban J connectivity index is 2.26. The van der Waals surface area contributed by atoms with Gasteiger partial charge in [-0.1, -0.05) is 19.1 Å². The second kappa shape index (κ2) is 8.20. The zero-order valence-electron chi connectivity index (χ0n) is 14.7. The van der Waals surface area contributed by atoms with E-state index in [4.69, 9.17) is 9.47 Å². The molecule has 0 saturated carbocycles. The maximum atomic E-state index is 12.1. The number of phenols is 1. The van der Waals surface area contributed by atoms with Gasteiger partial charge in [0.1, 0.15) is 6.04 Å². The van der Waals surface area contributed by atoms with E-state index in [1.807, 2.05) is 12.1 Å². The van der Waals surface area contributed by atoms with E-state index in [0.29, 0.717) is 24.6 Å². The minimum atomic E-state index is -0.221. The van der Waals surface area contributed by atoms with E-state index in [9.17, 15) is 9.90 Å². The predicted octanol–water partition coefficient (Wildman–Crippen LogP) is 2.90. The van der Waals surface area contributed by atoms with Crippen LogP contribution in [0.1, 0.15) is 30.9 Å². The number of carbonyl (C=O) groups excluding carboxylic acids is 1. The van der Waals surface area contributed by atoms with Gasteiger partial charge in [0.15, 0.2) is 11.5 Å². The zero-order valence-corrected chi connectivity index (χ0v) is 14.7. The number of methoxy groups -OCH3 is 2. The molecule has 0 radical (unpaired) electrons. The van der Waals surface area contributed by atoms with E-state index >= 15 is 0 Å². The monoisotopic (exact) mass is 333 g/mol. The fraction of sp³-hybridized carbons (Fsp3) is 0.526. The number of phenolic OH excluding ortho intramolecular Hbond substituents is 1. The molecule has 1 heterocycles.